The second-order valence-electron chi connectivity index (χ2n) is 24.8. The summed E-state index contributed by atoms with van der Waals surface area (Å²) in [5.41, 5.74) is 14.6. The largest absolute Gasteiger partial charge is 0.483 e. The highest BCUT2D eigenvalue weighted by Gasteiger charge is 2.32. The highest BCUT2D eigenvalue weighted by molar-refractivity contribution is 7.17. The van der Waals surface area contributed by atoms with Crippen molar-refractivity contribution in [2.45, 2.75) is 72.6 Å². The van der Waals surface area contributed by atoms with E-state index in [0.717, 1.165) is 108 Å². The number of likely N-dealkylation sites (tertiary alicyclic amines) is 1. The molecule has 27 nitrogen and oxygen atoms in total. The number of fused-ring (bicyclic) bond motifs is 2. The van der Waals surface area contributed by atoms with Crippen molar-refractivity contribution >= 4 is 86.4 Å². The average molecular weight is 1410 g/mol. The van der Waals surface area contributed by atoms with Crippen LogP contribution in [-0.4, -0.2) is 192 Å². The Kier molecular flexibility index (Phi) is 23.4. The van der Waals surface area contributed by atoms with Gasteiger partial charge in [-0.15, -0.1) is 0 Å². The predicted molar refractivity (Wildman–Crippen MR) is 387 cm³/mol. The molecule has 4 aliphatic heterocycles. The van der Waals surface area contributed by atoms with Gasteiger partial charge in [0.25, 0.3) is 6.47 Å². The highest BCUT2D eigenvalue weighted by Crippen LogP contribution is 2.40. The Balaban J connectivity index is 0.000000181. The normalized spacial score (nSPS) is 14.5. The van der Waals surface area contributed by atoms with Gasteiger partial charge >= 0.3 is 12.1 Å². The summed E-state index contributed by atoms with van der Waals surface area (Å²) in [5, 5.41) is 37.4. The second kappa shape index (κ2) is 32.4. The molecule has 0 spiro atoms. The summed E-state index contributed by atoms with van der Waals surface area (Å²) in [6.45, 7) is 18.5. The highest BCUT2D eigenvalue weighted by atomic mass is 32.1. The van der Waals surface area contributed by atoms with Crippen LogP contribution in [0.15, 0.2) is 110 Å². The lowest BCUT2D eigenvalue weighted by molar-refractivity contribution is -0.122. The average Bonchev–Trinajstić information content (AvgIpc) is 1.62. The van der Waals surface area contributed by atoms with E-state index in [9.17, 15) is 28.9 Å². The Hall–Kier alpha value is -10.8. The molecule has 0 aliphatic carbocycles. The molecule has 8 aromatic heterocycles. The zero-order valence-corrected chi connectivity index (χ0v) is 57.9. The van der Waals surface area contributed by atoms with Crippen molar-refractivity contribution in [1.29, 1.82) is 10.5 Å². The van der Waals surface area contributed by atoms with Crippen LogP contribution in [0.1, 0.15) is 63.2 Å². The molecular weight excluding hydrogens is 1330 g/mol. The van der Waals surface area contributed by atoms with Gasteiger partial charge in [-0.25, -0.2) is 58.2 Å². The molecule has 0 saturated carbocycles. The first kappa shape index (κ1) is 72.9. The first-order chi connectivity index (χ1) is 48.3. The van der Waals surface area contributed by atoms with Gasteiger partial charge in [-0.3, -0.25) is 13.6 Å². The summed E-state index contributed by atoms with van der Waals surface area (Å²) in [5.74, 6) is 2.42. The molecule has 3 amide bonds. The molecule has 0 radical (unpaired) electrons. The van der Waals surface area contributed by atoms with E-state index in [1.165, 1.54) is 46.9 Å². The van der Waals surface area contributed by atoms with Gasteiger partial charge in [0.2, 0.25) is 11.9 Å². The number of anilines is 6. The number of rotatable bonds is 13. The van der Waals surface area contributed by atoms with Crippen LogP contribution in [0.5, 0.6) is 0 Å². The number of nitrogens with one attached hydrogen (secondary N) is 3. The molecule has 12 heterocycles. The number of amides is 3. The number of piperazine rings is 2. The molecule has 2 aromatic carbocycles. The van der Waals surface area contributed by atoms with E-state index >= 15 is 0 Å². The number of carbonyl (C=O) groups excluding carboxylic acids is 2. The maximum absolute atomic E-state index is 13.6. The summed E-state index contributed by atoms with van der Waals surface area (Å²) in [6, 6.07) is 24.9. The summed E-state index contributed by atoms with van der Waals surface area (Å²) >= 11 is 2.58. The van der Waals surface area contributed by atoms with Crippen molar-refractivity contribution in [1.82, 2.24) is 74.4 Å². The molecule has 10 aromatic rings. The van der Waals surface area contributed by atoms with Crippen molar-refractivity contribution < 1.29 is 33.0 Å². The van der Waals surface area contributed by atoms with Crippen molar-refractivity contribution in [3.05, 3.63) is 143 Å². The Morgan fingerprint density at radius 2 is 1.07 bits per heavy atom. The third-order valence-corrected chi connectivity index (χ3v) is 18.8. The number of nitriles is 2. The number of aromatic nitrogens is 10. The lowest BCUT2D eigenvalue weighted by Crippen LogP contribution is -2.61. The van der Waals surface area contributed by atoms with Crippen LogP contribution in [0, 0.1) is 34.3 Å². The molecule has 4 saturated heterocycles. The fourth-order valence-corrected chi connectivity index (χ4v) is 13.1. The number of benzene rings is 2. The van der Waals surface area contributed by atoms with E-state index in [2.05, 4.69) is 71.7 Å². The van der Waals surface area contributed by atoms with E-state index in [-0.39, 0.29) is 49.7 Å². The quantitative estimate of drug-likeness (QED) is 0.0670. The van der Waals surface area contributed by atoms with Gasteiger partial charge in [0.15, 0.2) is 10.3 Å². The molecule has 0 bridgehead atoms. The zero-order valence-electron chi connectivity index (χ0n) is 56.3. The molecule has 4 fully saturated rings. The molecule has 526 valence electrons. The number of urea groups is 1. The lowest BCUT2D eigenvalue weighted by Gasteiger charge is -2.37. The minimum Gasteiger partial charge on any atom is -0.483 e. The van der Waals surface area contributed by atoms with Crippen LogP contribution in [0.4, 0.5) is 52.2 Å². The van der Waals surface area contributed by atoms with Gasteiger partial charge in [-0.05, 0) is 106 Å². The van der Waals surface area contributed by atoms with E-state index in [1.807, 2.05) is 120 Å². The molecule has 101 heavy (non-hydrogen) atoms. The van der Waals surface area contributed by atoms with E-state index in [4.69, 9.17) is 40.3 Å². The SMILES string of the molecule is C.CC(C)(C)OC(=O)N1CC(N)C1.CCc1nc2ccc(-c3cnc(N4CCN(C(=O)NC5CNC5)CC4)nc3)cn2c1N(C)c1nc(-c2ccc(F)cc2)c(C#N)s1.CCc1nc2ccc(-c3cnc(N4CCNCC4)nc3)cn2c1N(C)c1nc(-c2ccc(F)cc2)c(C#N)s1.O=CO. The van der Waals surface area contributed by atoms with E-state index < -0.39 is 5.60 Å². The number of ether oxygens (including phenoxy) is 1. The molecule has 0 atom stereocenters. The molecule has 31 heteroatoms. The number of pyridine rings is 2. The molecule has 4 aliphatic rings. The molecule has 0 unspecified atom stereocenters. The zero-order chi connectivity index (χ0) is 70.8. The van der Waals surface area contributed by atoms with Crippen molar-refractivity contribution in [3.63, 3.8) is 0 Å². The fraction of sp³-hybridized carbons (Fsp3) is 0.357. The number of carboxylic acid groups (broad SMARTS) is 1. The minimum absolute atomic E-state index is 0. The maximum atomic E-state index is 13.6. The summed E-state index contributed by atoms with van der Waals surface area (Å²) in [4.78, 5) is 82.6. The fourth-order valence-electron chi connectivity index (χ4n) is 11.4. The first-order valence-electron chi connectivity index (χ1n) is 32.5. The predicted octanol–water partition coefficient (Wildman–Crippen LogP) is 9.63. The summed E-state index contributed by atoms with van der Waals surface area (Å²) < 4.78 is 36.2. The second-order valence-corrected chi connectivity index (χ2v) is 26.7. The van der Waals surface area contributed by atoms with Gasteiger partial charge < -0.3 is 60.9 Å². The molecule has 6 N–H and O–H groups in total. The topological polar surface area (TPSA) is 322 Å². The summed E-state index contributed by atoms with van der Waals surface area (Å²) in [7, 11) is 3.84. The number of aryl methyl sites for hydroxylation is 2. The van der Waals surface area contributed by atoms with Gasteiger partial charge in [0.05, 0.1) is 17.4 Å². The van der Waals surface area contributed by atoms with Crippen LogP contribution < -0.4 is 41.3 Å². The van der Waals surface area contributed by atoms with Crippen LogP contribution in [-0.2, 0) is 22.4 Å². The lowest BCUT2D eigenvalue weighted by atomic mass is 10.1. The maximum Gasteiger partial charge on any atom is 0.410 e. The Labute approximate surface area is 591 Å². The van der Waals surface area contributed by atoms with E-state index in [1.54, 1.807) is 29.2 Å². The number of hydrogen-bond acceptors (Lipinski definition) is 23. The Morgan fingerprint density at radius 1 is 0.653 bits per heavy atom. The number of hydrogen-bond donors (Lipinski definition) is 5. The number of nitrogens with zero attached hydrogens (tertiary/aromatic N) is 18. The van der Waals surface area contributed by atoms with Crippen molar-refractivity contribution in [2.24, 2.45) is 5.73 Å². The van der Waals surface area contributed by atoms with Crippen LogP contribution in [0.25, 0.3) is 56.1 Å². The minimum atomic E-state index is -0.406. The number of nitrogens with two attached hydrogens (primary N) is 1. The third kappa shape index (κ3) is 16.9. The van der Waals surface area contributed by atoms with Crippen molar-refractivity contribution in [2.75, 3.05) is 112 Å². The third-order valence-electron chi connectivity index (χ3n) is 16.7. The van der Waals surface area contributed by atoms with Crippen LogP contribution >= 0.6 is 22.7 Å². The smallest absolute Gasteiger partial charge is 0.410 e. The van der Waals surface area contributed by atoms with E-state index in [0.29, 0.717) is 94.2 Å². The van der Waals surface area contributed by atoms with Gasteiger partial charge in [-0.2, -0.15) is 10.5 Å². The monoisotopic (exact) mass is 1410 g/mol. The number of thiazole rings is 2. The van der Waals surface area contributed by atoms with Gasteiger partial charge in [-0.1, -0.05) is 43.9 Å². The Bertz CT molecular complexity index is 4580. The first-order valence-corrected chi connectivity index (χ1v) is 34.2. The standard InChI is InChI=1S/C32H32FN11OS.C28H26FN9S.C8H16N2O2.CH2O2.CH4/c1-3-25-29(41(2)32-40-28(26(14-34)46-32)20-4-7-23(33)8-5-20)44-19-21(6-9-27(44)39-25)22-15-36-30(37-16-22)42-10-12-43(13-11-42)31(45)38-24-17-35-18-24;1-3-22-26(36(2)28-35-25(23(14-30)39-28)18-4-7-21(29)8-5-18)38-17-19(6-9-24(38)34-22)20-15-32-27(33-16-20)37-12-10-31-11-13-37;1-8(2,3)12-7(11)10-4-6(9)5-10;2-1-3;/h4-9,15-16,19,24,35H,3,10-13,17-18H2,1-2H3,(H,38,45);4-9,15-17,31H,3,10-13H2,1-2H3;6H,4-5,9H2,1-3H3;1H,(H,2,3);1H4. The van der Waals surface area contributed by atoms with Gasteiger partial charge in [0, 0.05) is 169 Å². The molecular formula is C70H80F2N22O5S2. The number of halogens is 2. The summed E-state index contributed by atoms with van der Waals surface area (Å²) in [6.07, 6.45) is 12.6. The Morgan fingerprint density at radius 3 is 1.45 bits per heavy atom. The number of carbonyl (C=O) groups is 3. The molecule has 14 rings (SSSR count). The van der Waals surface area contributed by atoms with Crippen LogP contribution in [0.3, 0.4) is 0 Å². The van der Waals surface area contributed by atoms with Crippen molar-refractivity contribution in [3.8, 4) is 56.9 Å². The van der Waals surface area contributed by atoms with Crippen LogP contribution in [0.2, 0.25) is 0 Å². The van der Waals surface area contributed by atoms with Gasteiger partial charge in [0.1, 0.15) is 73.4 Å². The number of imidazole rings is 2.